The molecule has 4 rings (SSSR count). The Bertz CT molecular complexity index is 1410. The van der Waals surface area contributed by atoms with Gasteiger partial charge in [0.1, 0.15) is 28.9 Å². The number of aliphatic hydroxyl groups excluding tert-OH is 2. The summed E-state index contributed by atoms with van der Waals surface area (Å²) in [7, 11) is 2.88. The number of rotatable bonds is 8. The Hall–Kier alpha value is -4.23. The van der Waals surface area contributed by atoms with Gasteiger partial charge in [-0.05, 0) is 44.5 Å². The van der Waals surface area contributed by atoms with Crippen molar-refractivity contribution < 1.29 is 49.1 Å². The van der Waals surface area contributed by atoms with Crippen LogP contribution in [0.15, 0.2) is 35.1 Å². The van der Waals surface area contributed by atoms with Gasteiger partial charge in [-0.1, -0.05) is 19.1 Å². The van der Waals surface area contributed by atoms with Gasteiger partial charge < -0.3 is 36.6 Å². The van der Waals surface area contributed by atoms with Gasteiger partial charge in [0, 0.05) is 24.3 Å². The number of benzene rings is 1. The minimum atomic E-state index is -3.01. The number of nitrogens with two attached hydrogens (primary N) is 2. The van der Waals surface area contributed by atoms with E-state index in [1.807, 2.05) is 0 Å². The summed E-state index contributed by atoms with van der Waals surface area (Å²) >= 11 is 0. The van der Waals surface area contributed by atoms with Gasteiger partial charge in [-0.2, -0.15) is 0 Å². The fourth-order valence-corrected chi connectivity index (χ4v) is 6.47. The maximum atomic E-state index is 14.1. The van der Waals surface area contributed by atoms with Crippen LogP contribution in [0.3, 0.4) is 0 Å². The summed E-state index contributed by atoms with van der Waals surface area (Å²) in [4.78, 5) is 65.4. The topological polar surface area (TPSA) is 231 Å². The van der Waals surface area contributed by atoms with Crippen molar-refractivity contribution in [3.05, 3.63) is 46.2 Å². The van der Waals surface area contributed by atoms with Crippen molar-refractivity contribution in [3.8, 4) is 5.75 Å². The maximum Gasteiger partial charge on any atom is 0.306 e. The number of ketones is 2. The van der Waals surface area contributed by atoms with Crippen molar-refractivity contribution in [1.29, 1.82) is 0 Å². The van der Waals surface area contributed by atoms with Crippen molar-refractivity contribution in [3.63, 3.8) is 0 Å². The Morgan fingerprint density at radius 2 is 1.68 bits per heavy atom. The minimum absolute atomic E-state index is 0.0417. The molecule has 6 atom stereocenters. The Kier molecular flexibility index (Phi) is 7.71. The number of aliphatic hydroxyl groups is 3. The number of phenols is 1. The van der Waals surface area contributed by atoms with Crippen LogP contribution < -0.4 is 11.5 Å². The second kappa shape index (κ2) is 10.6. The summed E-state index contributed by atoms with van der Waals surface area (Å²) in [5.74, 6) is -10.8. The van der Waals surface area contributed by atoms with Crippen LogP contribution in [0, 0.1) is 11.8 Å². The van der Waals surface area contributed by atoms with E-state index in [0.29, 0.717) is 12.0 Å². The van der Waals surface area contributed by atoms with Crippen molar-refractivity contribution in [1.82, 2.24) is 4.90 Å². The molecule has 1 saturated carbocycles. The summed E-state index contributed by atoms with van der Waals surface area (Å²) in [6.07, 6.45) is -1.11. The number of ether oxygens (including phenoxy) is 1. The number of carbonyl (C=O) groups excluding carboxylic acids is 5. The van der Waals surface area contributed by atoms with Crippen molar-refractivity contribution in [2.24, 2.45) is 23.3 Å². The van der Waals surface area contributed by atoms with Gasteiger partial charge in [-0.25, -0.2) is 0 Å². The number of nitrogens with zero attached hydrogens (tertiary/aromatic N) is 1. The first-order valence-electron chi connectivity index (χ1n) is 13.1. The van der Waals surface area contributed by atoms with E-state index in [1.165, 1.54) is 31.1 Å². The van der Waals surface area contributed by atoms with Crippen LogP contribution in [0.5, 0.6) is 5.75 Å². The third kappa shape index (κ3) is 4.54. The number of Topliss-reactive ketones (excluding diaryl/α,β-unsaturated/α-hetero) is 2. The fraction of sp³-hybridized carbons (Fsp3) is 0.464. The third-order valence-electron chi connectivity index (χ3n) is 8.29. The number of hydrogen-bond donors (Lipinski definition) is 6. The molecule has 1 aromatic carbocycles. The van der Waals surface area contributed by atoms with Crippen LogP contribution in [-0.4, -0.2) is 86.5 Å². The van der Waals surface area contributed by atoms with E-state index in [-0.39, 0.29) is 30.6 Å². The third-order valence-corrected chi connectivity index (χ3v) is 8.29. The van der Waals surface area contributed by atoms with Crippen molar-refractivity contribution in [2.45, 2.75) is 56.3 Å². The molecule has 3 aliphatic carbocycles. The fourth-order valence-electron chi connectivity index (χ4n) is 6.47. The molecule has 6 unspecified atom stereocenters. The number of carbonyl (C=O) groups is 5. The molecule has 0 aliphatic heterocycles. The predicted molar refractivity (Wildman–Crippen MR) is 142 cm³/mol. The minimum Gasteiger partial charge on any atom is -0.508 e. The molecular formula is C28H33N3O10. The lowest BCUT2D eigenvalue weighted by Crippen LogP contribution is -2.71. The van der Waals surface area contributed by atoms with Crippen LogP contribution in [0.25, 0.3) is 5.76 Å². The first kappa shape index (κ1) is 29.7. The van der Waals surface area contributed by atoms with Gasteiger partial charge in [0.05, 0.1) is 17.5 Å². The monoisotopic (exact) mass is 571 g/mol. The highest BCUT2D eigenvalue weighted by atomic mass is 16.5. The van der Waals surface area contributed by atoms with Gasteiger partial charge in [0.25, 0.3) is 5.91 Å². The van der Waals surface area contributed by atoms with Crippen LogP contribution in [0.4, 0.5) is 0 Å². The lowest BCUT2D eigenvalue weighted by molar-refractivity contribution is -0.185. The number of likely N-dealkylation sites (N-methyl/N-ethyl adjacent to an activating group) is 1. The molecule has 41 heavy (non-hydrogen) atoms. The van der Waals surface area contributed by atoms with Crippen molar-refractivity contribution >= 4 is 35.1 Å². The van der Waals surface area contributed by atoms with E-state index in [1.54, 1.807) is 13.0 Å². The van der Waals surface area contributed by atoms with Crippen LogP contribution in [0.1, 0.15) is 49.7 Å². The normalized spacial score (nSPS) is 29.1. The molecule has 0 heterocycles. The summed E-state index contributed by atoms with van der Waals surface area (Å²) in [6.45, 7) is 1.67. The number of primary amides is 2. The Morgan fingerprint density at radius 3 is 2.27 bits per heavy atom. The highest BCUT2D eigenvalue weighted by Gasteiger charge is 2.69. The summed E-state index contributed by atoms with van der Waals surface area (Å²) in [5, 5.41) is 45.0. The van der Waals surface area contributed by atoms with Crippen molar-refractivity contribution in [2.75, 3.05) is 14.1 Å². The number of amides is 2. The van der Waals surface area contributed by atoms with Crippen LogP contribution in [0.2, 0.25) is 0 Å². The second-order valence-corrected chi connectivity index (χ2v) is 10.9. The summed E-state index contributed by atoms with van der Waals surface area (Å²) in [5.41, 5.74) is 6.43. The van der Waals surface area contributed by atoms with Gasteiger partial charge >= 0.3 is 5.97 Å². The van der Waals surface area contributed by atoms with Gasteiger partial charge in [-0.3, -0.25) is 28.9 Å². The molecular weight excluding hydrogens is 538 g/mol. The molecule has 2 amide bonds. The molecule has 0 aromatic heterocycles. The molecule has 0 spiro atoms. The predicted octanol–water partition coefficient (Wildman–Crippen LogP) is 0.0924. The number of esters is 1. The standard InChI is InChI=1S/C28H33N3O10/c1-11-12-7-6-8-13(32)17(12)22(35)18-16(11)24(41-15(34)10-5-4-9-14(29)33)20-21(31(2)3)23(36)19(27(30)39)26(38)28(20,40)25(18)37/h6-8,11,16,20-21,24,32,35,38,40H,4-5,9-10H2,1-3H3,(H2,29,33)(H2,30,39). The smallest absolute Gasteiger partial charge is 0.306 e. The number of aromatic hydroxyl groups is 1. The molecule has 13 heteroatoms. The quantitative estimate of drug-likeness (QED) is 0.139. The van der Waals surface area contributed by atoms with E-state index in [9.17, 15) is 44.4 Å². The van der Waals surface area contributed by atoms with E-state index in [4.69, 9.17) is 16.2 Å². The van der Waals surface area contributed by atoms with E-state index in [2.05, 4.69) is 0 Å². The second-order valence-electron chi connectivity index (χ2n) is 10.9. The lowest BCUT2D eigenvalue weighted by atomic mass is 9.54. The molecule has 0 bridgehead atoms. The molecule has 1 fully saturated rings. The first-order chi connectivity index (χ1) is 19.2. The first-order valence-corrected chi connectivity index (χ1v) is 13.1. The summed E-state index contributed by atoms with van der Waals surface area (Å²) in [6, 6.07) is 2.97. The molecule has 13 nitrogen and oxygen atoms in total. The highest BCUT2D eigenvalue weighted by molar-refractivity contribution is 6.24. The largest absolute Gasteiger partial charge is 0.508 e. The molecule has 1 aromatic rings. The van der Waals surface area contributed by atoms with E-state index in [0.717, 1.165) is 0 Å². The Balaban J connectivity index is 1.95. The Morgan fingerprint density at radius 1 is 1.05 bits per heavy atom. The zero-order valence-corrected chi connectivity index (χ0v) is 22.8. The number of phenolic OH excluding ortho intramolecular Hbond substituents is 1. The summed E-state index contributed by atoms with van der Waals surface area (Å²) < 4.78 is 5.88. The van der Waals surface area contributed by atoms with E-state index < -0.39 is 87.5 Å². The zero-order valence-electron chi connectivity index (χ0n) is 22.8. The van der Waals surface area contributed by atoms with Crippen LogP contribution >= 0.6 is 0 Å². The molecule has 8 N–H and O–H groups in total. The van der Waals surface area contributed by atoms with Gasteiger partial charge in [0.15, 0.2) is 11.4 Å². The van der Waals surface area contributed by atoms with Crippen LogP contribution in [-0.2, 0) is 28.7 Å². The molecule has 220 valence electrons. The average Bonchev–Trinajstić information content (AvgIpc) is 2.88. The van der Waals surface area contributed by atoms with Gasteiger partial charge in [-0.15, -0.1) is 0 Å². The van der Waals surface area contributed by atoms with E-state index >= 15 is 0 Å². The van der Waals surface area contributed by atoms with Gasteiger partial charge in [0.2, 0.25) is 11.7 Å². The average molecular weight is 572 g/mol. The number of unbranched alkanes of at least 4 members (excludes halogenated alkanes) is 1. The lowest BCUT2D eigenvalue weighted by Gasteiger charge is -2.54. The Labute approximate surface area is 235 Å². The molecule has 3 aliphatic rings. The highest BCUT2D eigenvalue weighted by Crippen LogP contribution is 2.56. The zero-order chi connectivity index (χ0) is 30.5. The molecule has 0 radical (unpaired) electrons. The SMILES string of the molecule is CC1c2cccc(O)c2C(O)=C2C(=O)C3(O)C(O)=C(C(N)=O)C(=O)C(N(C)C)C3C(OC(=O)CCCCC(N)=O)C21. The maximum absolute atomic E-state index is 14.1. The number of hydrogen-bond acceptors (Lipinski definition) is 11. The molecule has 0 saturated heterocycles. The number of fused-ring (bicyclic) bond motifs is 3.